The molecule has 0 unspecified atom stereocenters. The van der Waals surface area contributed by atoms with Gasteiger partial charge >= 0.3 is 0 Å². The molecule has 4 heteroatoms. The summed E-state index contributed by atoms with van der Waals surface area (Å²) in [5.74, 6) is 0.565. The van der Waals surface area contributed by atoms with Crippen molar-refractivity contribution < 1.29 is 9.53 Å². The molecule has 0 aliphatic rings. The van der Waals surface area contributed by atoms with Crippen molar-refractivity contribution in [2.75, 3.05) is 13.7 Å². The Morgan fingerprint density at radius 2 is 2.14 bits per heavy atom. The minimum absolute atomic E-state index is 0.0142. The molecule has 0 aliphatic carbocycles. The number of methoxy groups -OCH3 is 1. The Morgan fingerprint density at radius 1 is 1.50 bits per heavy atom. The third-order valence-corrected chi connectivity index (χ3v) is 1.63. The van der Waals surface area contributed by atoms with Crippen molar-refractivity contribution in [3.05, 3.63) is 24.3 Å². The first-order chi connectivity index (χ1) is 6.76. The van der Waals surface area contributed by atoms with Gasteiger partial charge in [0.15, 0.2) is 5.78 Å². The maximum Gasteiger partial charge on any atom is 0.187 e. The Hall–Kier alpha value is -1.68. The molecule has 1 rings (SSSR count). The van der Waals surface area contributed by atoms with E-state index in [0.29, 0.717) is 5.69 Å². The molecule has 0 heterocycles. The maximum absolute atomic E-state index is 10.8. The van der Waals surface area contributed by atoms with Crippen LogP contribution in [-0.2, 0) is 4.79 Å². The van der Waals surface area contributed by atoms with E-state index in [1.54, 1.807) is 31.4 Å². The van der Waals surface area contributed by atoms with Crippen LogP contribution in [0.4, 0.5) is 5.69 Å². The average molecular weight is 192 g/mol. The molecule has 0 saturated carbocycles. The first-order valence-electron chi connectivity index (χ1n) is 4.17. The maximum atomic E-state index is 10.8. The van der Waals surface area contributed by atoms with E-state index < -0.39 is 0 Å². The van der Waals surface area contributed by atoms with Crippen LogP contribution in [0.2, 0.25) is 0 Å². The number of ether oxygens (including phenoxy) is 1. The number of carbonyl (C=O) groups excluding carboxylic acids is 1. The number of ketones is 1. The van der Waals surface area contributed by atoms with Crippen LogP contribution >= 0.6 is 0 Å². The highest BCUT2D eigenvalue weighted by Crippen LogP contribution is 2.16. The van der Waals surface area contributed by atoms with Crippen LogP contribution < -0.4 is 10.5 Å². The molecule has 1 aromatic carbocycles. The van der Waals surface area contributed by atoms with E-state index in [0.717, 1.165) is 5.75 Å². The molecule has 0 saturated heterocycles. The number of nitrogens with zero attached hydrogens (tertiary/aromatic N) is 1. The number of benzene rings is 1. The molecule has 0 fully saturated rings. The molecule has 0 spiro atoms. The summed E-state index contributed by atoms with van der Waals surface area (Å²) in [4.78, 5) is 14.8. The molecule has 0 bridgehead atoms. The van der Waals surface area contributed by atoms with Crippen molar-refractivity contribution in [1.82, 2.24) is 0 Å². The van der Waals surface area contributed by atoms with E-state index in [4.69, 9.17) is 10.5 Å². The van der Waals surface area contributed by atoms with Crippen molar-refractivity contribution in [3.63, 3.8) is 0 Å². The highest BCUT2D eigenvalue weighted by atomic mass is 16.5. The van der Waals surface area contributed by atoms with Crippen LogP contribution in [0.15, 0.2) is 29.3 Å². The molecular formula is C10H12N2O2. The van der Waals surface area contributed by atoms with Gasteiger partial charge in [0.1, 0.15) is 5.75 Å². The van der Waals surface area contributed by atoms with Crippen LogP contribution in [0.5, 0.6) is 5.75 Å². The molecule has 1 aromatic rings. The van der Waals surface area contributed by atoms with Crippen LogP contribution in [0.1, 0.15) is 0 Å². The molecular weight excluding hydrogens is 180 g/mol. The van der Waals surface area contributed by atoms with Crippen molar-refractivity contribution >= 4 is 17.7 Å². The predicted octanol–water partition coefficient (Wildman–Crippen LogP) is 0.925. The Labute approximate surface area is 82.4 Å². The summed E-state index contributed by atoms with van der Waals surface area (Å²) < 4.78 is 4.98. The van der Waals surface area contributed by atoms with Gasteiger partial charge in [0.2, 0.25) is 0 Å². The van der Waals surface area contributed by atoms with Crippen LogP contribution in [0.25, 0.3) is 0 Å². The summed E-state index contributed by atoms with van der Waals surface area (Å²) in [5, 5.41) is 0. The van der Waals surface area contributed by atoms with Gasteiger partial charge in [0.25, 0.3) is 0 Å². The molecule has 0 aromatic heterocycles. The van der Waals surface area contributed by atoms with Gasteiger partial charge in [-0.05, 0) is 24.3 Å². The molecule has 74 valence electrons. The van der Waals surface area contributed by atoms with E-state index in [9.17, 15) is 4.79 Å². The lowest BCUT2D eigenvalue weighted by molar-refractivity contribution is -0.111. The topological polar surface area (TPSA) is 64.7 Å². The molecule has 0 amide bonds. The molecule has 0 atom stereocenters. The fourth-order valence-corrected chi connectivity index (χ4v) is 0.868. The normalized spacial score (nSPS) is 10.4. The van der Waals surface area contributed by atoms with Gasteiger partial charge in [-0.3, -0.25) is 9.79 Å². The lowest BCUT2D eigenvalue weighted by Crippen LogP contribution is -2.13. The Morgan fingerprint density at radius 3 is 2.64 bits per heavy atom. The van der Waals surface area contributed by atoms with Crippen molar-refractivity contribution in [2.24, 2.45) is 10.7 Å². The first-order valence-corrected chi connectivity index (χ1v) is 4.17. The van der Waals surface area contributed by atoms with Gasteiger partial charge in [-0.1, -0.05) is 0 Å². The number of hydrogen-bond donors (Lipinski definition) is 1. The summed E-state index contributed by atoms with van der Waals surface area (Å²) in [6.45, 7) is -0.0142. The highest BCUT2D eigenvalue weighted by Gasteiger charge is 1.93. The lowest BCUT2D eigenvalue weighted by atomic mass is 10.3. The van der Waals surface area contributed by atoms with Crippen molar-refractivity contribution in [3.8, 4) is 5.75 Å². The van der Waals surface area contributed by atoms with Crippen molar-refractivity contribution in [1.29, 1.82) is 0 Å². The Kier molecular flexibility index (Phi) is 3.82. The second-order valence-electron chi connectivity index (χ2n) is 2.63. The zero-order valence-corrected chi connectivity index (χ0v) is 7.93. The van der Waals surface area contributed by atoms with Crippen LogP contribution in [0.3, 0.4) is 0 Å². The van der Waals surface area contributed by atoms with Gasteiger partial charge in [-0.2, -0.15) is 0 Å². The van der Waals surface area contributed by atoms with E-state index in [1.165, 1.54) is 6.21 Å². The second kappa shape index (κ2) is 5.14. The lowest BCUT2D eigenvalue weighted by Gasteiger charge is -1.98. The zero-order chi connectivity index (χ0) is 10.4. The number of hydrogen-bond acceptors (Lipinski definition) is 4. The minimum Gasteiger partial charge on any atom is -0.497 e. The number of nitrogens with two attached hydrogens (primary N) is 1. The number of rotatable bonds is 4. The SMILES string of the molecule is COc1ccc(N=CC(=O)CN)cc1. The Balaban J connectivity index is 2.68. The fourth-order valence-electron chi connectivity index (χ4n) is 0.868. The minimum atomic E-state index is -0.194. The third-order valence-electron chi connectivity index (χ3n) is 1.63. The molecule has 2 N–H and O–H groups in total. The third kappa shape index (κ3) is 2.99. The summed E-state index contributed by atoms with van der Waals surface area (Å²) in [6, 6.07) is 7.08. The molecule has 14 heavy (non-hydrogen) atoms. The predicted molar refractivity (Wildman–Crippen MR) is 55.2 cm³/mol. The van der Waals surface area contributed by atoms with Gasteiger partial charge in [-0.15, -0.1) is 0 Å². The number of Topliss-reactive ketones (excluding diaryl/α,β-unsaturated/α-hetero) is 1. The van der Waals surface area contributed by atoms with E-state index in [-0.39, 0.29) is 12.3 Å². The number of carbonyl (C=O) groups is 1. The van der Waals surface area contributed by atoms with Gasteiger partial charge < -0.3 is 10.5 Å². The summed E-state index contributed by atoms with van der Waals surface area (Å²) >= 11 is 0. The van der Waals surface area contributed by atoms with E-state index in [2.05, 4.69) is 4.99 Å². The largest absolute Gasteiger partial charge is 0.497 e. The Bertz CT molecular complexity index is 330. The van der Waals surface area contributed by atoms with Gasteiger partial charge in [0, 0.05) is 0 Å². The van der Waals surface area contributed by atoms with Crippen LogP contribution in [0, 0.1) is 0 Å². The molecule has 4 nitrogen and oxygen atoms in total. The second-order valence-corrected chi connectivity index (χ2v) is 2.63. The summed E-state index contributed by atoms with van der Waals surface area (Å²) in [6.07, 6.45) is 1.22. The molecule has 0 aliphatic heterocycles. The smallest absolute Gasteiger partial charge is 0.187 e. The first kappa shape index (κ1) is 10.4. The van der Waals surface area contributed by atoms with Gasteiger partial charge in [-0.25, -0.2) is 0 Å². The standard InChI is InChI=1S/C10H12N2O2/c1-14-10-4-2-8(3-5-10)12-7-9(13)6-11/h2-5,7H,6,11H2,1H3. The van der Waals surface area contributed by atoms with Crippen molar-refractivity contribution in [2.45, 2.75) is 0 Å². The molecule has 0 radical (unpaired) electrons. The number of aliphatic imine (C=N–C) groups is 1. The quantitative estimate of drug-likeness (QED) is 0.721. The average Bonchev–Trinajstić information content (AvgIpc) is 2.26. The zero-order valence-electron chi connectivity index (χ0n) is 7.93. The highest BCUT2D eigenvalue weighted by molar-refractivity contribution is 6.28. The fraction of sp³-hybridized carbons (Fsp3) is 0.200. The monoisotopic (exact) mass is 192 g/mol. The van der Waals surface area contributed by atoms with Gasteiger partial charge in [0.05, 0.1) is 25.6 Å². The van der Waals surface area contributed by atoms with Crippen LogP contribution in [-0.4, -0.2) is 25.7 Å². The van der Waals surface area contributed by atoms with E-state index >= 15 is 0 Å². The summed E-state index contributed by atoms with van der Waals surface area (Å²) in [5.41, 5.74) is 5.82. The summed E-state index contributed by atoms with van der Waals surface area (Å²) in [7, 11) is 1.59. The van der Waals surface area contributed by atoms with E-state index in [1.807, 2.05) is 0 Å².